The van der Waals surface area contributed by atoms with E-state index in [0.29, 0.717) is 24.3 Å². The maximum absolute atomic E-state index is 11.4. The lowest BCUT2D eigenvalue weighted by Crippen LogP contribution is -2.12. The Kier molecular flexibility index (Phi) is 4.81. The van der Waals surface area contributed by atoms with Gasteiger partial charge in [-0.25, -0.2) is 0 Å². The van der Waals surface area contributed by atoms with E-state index < -0.39 is 0 Å². The molecule has 84 valence electrons. The molecule has 0 spiro atoms. The first-order chi connectivity index (χ1) is 7.67. The van der Waals surface area contributed by atoms with Gasteiger partial charge in [-0.2, -0.15) is 5.26 Å². The van der Waals surface area contributed by atoms with Crippen molar-refractivity contribution in [3.63, 3.8) is 0 Å². The predicted octanol–water partition coefficient (Wildman–Crippen LogP) is 2.82. The molecule has 0 bridgehead atoms. The lowest BCUT2D eigenvalue weighted by Gasteiger charge is -2.07. The topological polar surface area (TPSA) is 52.9 Å². The monoisotopic (exact) mass is 236 g/mol. The molecule has 0 radical (unpaired) electrons. The van der Waals surface area contributed by atoms with Crippen LogP contribution in [0, 0.1) is 18.3 Å². The Morgan fingerprint density at radius 2 is 2.31 bits per heavy atom. The Bertz CT molecular complexity index is 424. The van der Waals surface area contributed by atoms with Gasteiger partial charge in [-0.3, -0.25) is 4.79 Å². The minimum Gasteiger partial charge on any atom is -0.326 e. The fraction of sp³-hybridized carbons (Fsp3) is 0.333. The summed E-state index contributed by atoms with van der Waals surface area (Å²) in [6.07, 6.45) is 1.09. The molecule has 0 saturated heterocycles. The normalized spacial score (nSPS) is 9.56. The number of amides is 1. The largest absolute Gasteiger partial charge is 0.326 e. The van der Waals surface area contributed by atoms with Gasteiger partial charge in [0.2, 0.25) is 5.91 Å². The highest BCUT2D eigenvalue weighted by atomic mass is 35.5. The fourth-order valence-corrected chi connectivity index (χ4v) is 1.45. The van der Waals surface area contributed by atoms with Gasteiger partial charge >= 0.3 is 0 Å². The Morgan fingerprint density at radius 1 is 1.56 bits per heavy atom. The summed E-state index contributed by atoms with van der Waals surface area (Å²) in [7, 11) is 0. The van der Waals surface area contributed by atoms with E-state index in [1.165, 1.54) is 0 Å². The average Bonchev–Trinajstić information content (AvgIpc) is 2.29. The number of hydrogen-bond donors (Lipinski definition) is 1. The fourth-order valence-electron chi connectivity index (χ4n) is 1.31. The summed E-state index contributed by atoms with van der Waals surface area (Å²) in [5.41, 5.74) is 2.23. The summed E-state index contributed by atoms with van der Waals surface area (Å²) in [6, 6.07) is 7.23. The van der Waals surface area contributed by atoms with Crippen molar-refractivity contribution in [1.82, 2.24) is 0 Å². The minimum atomic E-state index is -0.0477. The van der Waals surface area contributed by atoms with Crippen LogP contribution in [0.1, 0.15) is 24.0 Å². The molecule has 1 rings (SSSR count). The third-order valence-electron chi connectivity index (χ3n) is 2.17. The van der Waals surface area contributed by atoms with E-state index in [9.17, 15) is 4.79 Å². The van der Waals surface area contributed by atoms with Crippen LogP contribution in [0.3, 0.4) is 0 Å². The smallest absolute Gasteiger partial charge is 0.224 e. The van der Waals surface area contributed by atoms with E-state index in [-0.39, 0.29) is 5.91 Å². The van der Waals surface area contributed by atoms with Gasteiger partial charge in [-0.1, -0.05) is 0 Å². The molecule has 1 aromatic carbocycles. The maximum atomic E-state index is 11.4. The molecule has 0 unspecified atom stereocenters. The average molecular weight is 237 g/mol. The van der Waals surface area contributed by atoms with Crippen LogP contribution in [0.15, 0.2) is 18.2 Å². The SMILES string of the molecule is Cc1cc(C#N)ccc1NC(=O)CCCCl. The Balaban J connectivity index is 2.68. The highest BCUT2D eigenvalue weighted by Crippen LogP contribution is 2.16. The van der Waals surface area contributed by atoms with Gasteiger partial charge in [0.25, 0.3) is 0 Å². The van der Waals surface area contributed by atoms with Crippen LogP contribution in [0.2, 0.25) is 0 Å². The summed E-state index contributed by atoms with van der Waals surface area (Å²) < 4.78 is 0. The molecule has 0 saturated carbocycles. The van der Waals surface area contributed by atoms with Gasteiger partial charge in [-0.15, -0.1) is 11.6 Å². The number of hydrogen-bond acceptors (Lipinski definition) is 2. The van der Waals surface area contributed by atoms with E-state index in [4.69, 9.17) is 16.9 Å². The zero-order valence-electron chi connectivity index (χ0n) is 9.09. The van der Waals surface area contributed by atoms with Crippen LogP contribution < -0.4 is 5.32 Å². The minimum absolute atomic E-state index is 0.0477. The van der Waals surface area contributed by atoms with Crippen LogP contribution in [0.4, 0.5) is 5.69 Å². The number of rotatable bonds is 4. The molecule has 1 aromatic rings. The summed E-state index contributed by atoms with van der Waals surface area (Å²) in [5, 5.41) is 11.5. The van der Waals surface area contributed by atoms with Crippen molar-refractivity contribution in [3.8, 4) is 6.07 Å². The van der Waals surface area contributed by atoms with Gasteiger partial charge in [0.15, 0.2) is 0 Å². The van der Waals surface area contributed by atoms with E-state index in [0.717, 1.165) is 11.3 Å². The van der Waals surface area contributed by atoms with Gasteiger partial charge in [0.1, 0.15) is 0 Å². The molecule has 1 N–H and O–H groups in total. The second-order valence-electron chi connectivity index (χ2n) is 3.48. The number of benzene rings is 1. The molecule has 0 aromatic heterocycles. The summed E-state index contributed by atoms with van der Waals surface area (Å²) in [5.74, 6) is 0.438. The first kappa shape index (κ1) is 12.5. The third kappa shape index (κ3) is 3.56. The van der Waals surface area contributed by atoms with Crippen molar-refractivity contribution in [1.29, 1.82) is 5.26 Å². The second-order valence-corrected chi connectivity index (χ2v) is 3.86. The van der Waals surface area contributed by atoms with Crippen molar-refractivity contribution in [2.45, 2.75) is 19.8 Å². The van der Waals surface area contributed by atoms with Crippen LogP contribution in [-0.4, -0.2) is 11.8 Å². The van der Waals surface area contributed by atoms with Crippen molar-refractivity contribution in [2.75, 3.05) is 11.2 Å². The molecule has 0 atom stereocenters. The van der Waals surface area contributed by atoms with Crippen LogP contribution in [-0.2, 0) is 4.79 Å². The first-order valence-corrected chi connectivity index (χ1v) is 5.57. The quantitative estimate of drug-likeness (QED) is 0.818. The molecule has 0 heterocycles. The zero-order chi connectivity index (χ0) is 12.0. The van der Waals surface area contributed by atoms with Crippen molar-refractivity contribution in [3.05, 3.63) is 29.3 Å². The number of anilines is 1. The lowest BCUT2D eigenvalue weighted by molar-refractivity contribution is -0.116. The first-order valence-electron chi connectivity index (χ1n) is 5.04. The lowest BCUT2D eigenvalue weighted by atomic mass is 10.1. The van der Waals surface area contributed by atoms with Gasteiger partial charge < -0.3 is 5.32 Å². The van der Waals surface area contributed by atoms with Gasteiger partial charge in [0.05, 0.1) is 11.6 Å². The van der Waals surface area contributed by atoms with Gasteiger partial charge in [-0.05, 0) is 37.1 Å². The van der Waals surface area contributed by atoms with E-state index in [2.05, 4.69) is 11.4 Å². The standard InChI is InChI=1S/C12H13ClN2O/c1-9-7-10(8-14)4-5-11(9)15-12(16)3-2-6-13/h4-5,7H,2-3,6H2,1H3,(H,15,16). The van der Waals surface area contributed by atoms with Crippen molar-refractivity contribution >= 4 is 23.2 Å². The predicted molar refractivity (Wildman–Crippen MR) is 64.5 cm³/mol. The molecule has 0 aliphatic carbocycles. The molecule has 0 aliphatic heterocycles. The molecule has 0 fully saturated rings. The Morgan fingerprint density at radius 3 is 2.88 bits per heavy atom. The van der Waals surface area contributed by atoms with E-state index >= 15 is 0 Å². The van der Waals surface area contributed by atoms with Gasteiger partial charge in [0, 0.05) is 18.0 Å². The number of nitrogens with zero attached hydrogens (tertiary/aromatic N) is 1. The number of carbonyl (C=O) groups excluding carboxylic acids is 1. The second kappa shape index (κ2) is 6.14. The summed E-state index contributed by atoms with van der Waals surface area (Å²) in [6.45, 7) is 1.86. The van der Waals surface area contributed by atoms with Crippen LogP contribution in [0.5, 0.6) is 0 Å². The molecule has 16 heavy (non-hydrogen) atoms. The molecule has 3 nitrogen and oxygen atoms in total. The maximum Gasteiger partial charge on any atom is 0.224 e. The highest BCUT2D eigenvalue weighted by molar-refractivity contribution is 6.18. The van der Waals surface area contributed by atoms with E-state index in [1.54, 1.807) is 18.2 Å². The number of alkyl halides is 1. The third-order valence-corrected chi connectivity index (χ3v) is 2.43. The van der Waals surface area contributed by atoms with Crippen LogP contribution in [0.25, 0.3) is 0 Å². The summed E-state index contributed by atoms with van der Waals surface area (Å²) >= 11 is 5.50. The molecule has 1 amide bonds. The number of aryl methyl sites for hydroxylation is 1. The summed E-state index contributed by atoms with van der Waals surface area (Å²) in [4.78, 5) is 11.4. The molecular formula is C12H13ClN2O. The molecule has 0 aliphatic rings. The molecule has 4 heteroatoms. The highest BCUT2D eigenvalue weighted by Gasteiger charge is 2.04. The van der Waals surface area contributed by atoms with Crippen molar-refractivity contribution < 1.29 is 4.79 Å². The number of nitriles is 1. The zero-order valence-corrected chi connectivity index (χ0v) is 9.84. The molecular weight excluding hydrogens is 224 g/mol. The van der Waals surface area contributed by atoms with Crippen molar-refractivity contribution in [2.24, 2.45) is 0 Å². The Labute approximate surface area is 100 Å². The van der Waals surface area contributed by atoms with E-state index in [1.807, 2.05) is 6.92 Å². The van der Waals surface area contributed by atoms with Crippen LogP contribution >= 0.6 is 11.6 Å². The number of carbonyl (C=O) groups is 1. The Hall–Kier alpha value is -1.53. The number of halogens is 1. The number of nitrogens with one attached hydrogen (secondary N) is 1.